The van der Waals surface area contributed by atoms with Crippen LogP contribution in [0.15, 0.2) is 46.9 Å². The number of nitrogens with zero attached hydrogens (tertiary/aromatic N) is 2. The van der Waals surface area contributed by atoms with E-state index in [1.165, 1.54) is 4.57 Å². The lowest BCUT2D eigenvalue weighted by Gasteiger charge is -2.11. The summed E-state index contributed by atoms with van der Waals surface area (Å²) in [6.45, 7) is 6.36. The number of thioether (sulfide) groups is 1. The summed E-state index contributed by atoms with van der Waals surface area (Å²) < 4.78 is 1.46. The number of imide groups is 1. The van der Waals surface area contributed by atoms with Crippen LogP contribution in [-0.4, -0.2) is 33.8 Å². The number of nitrogens with one attached hydrogen (secondary N) is 2. The van der Waals surface area contributed by atoms with Crippen LogP contribution in [0, 0.1) is 0 Å². The zero-order valence-electron chi connectivity index (χ0n) is 13.9. The monoisotopic (exact) mass is 360 g/mol. The van der Waals surface area contributed by atoms with Gasteiger partial charge in [-0.1, -0.05) is 36.9 Å². The van der Waals surface area contributed by atoms with Crippen LogP contribution in [0.5, 0.6) is 0 Å². The molecule has 1 aromatic carbocycles. The topological polar surface area (TPSA) is 93.1 Å². The predicted octanol–water partition coefficient (Wildman–Crippen LogP) is 1.91. The summed E-state index contributed by atoms with van der Waals surface area (Å²) in [6.07, 6.45) is 2.38. The molecule has 0 atom stereocenters. The molecule has 0 aliphatic heterocycles. The van der Waals surface area contributed by atoms with Crippen molar-refractivity contribution in [3.8, 4) is 0 Å². The van der Waals surface area contributed by atoms with Crippen molar-refractivity contribution in [2.24, 2.45) is 0 Å². The Labute approximate surface area is 149 Å². The molecule has 0 radical (unpaired) electrons. The number of carbonyl (C=O) groups is 2. The highest BCUT2D eigenvalue weighted by molar-refractivity contribution is 7.99. The molecule has 0 saturated heterocycles. The Hall–Kier alpha value is -2.61. The number of urea groups is 1. The summed E-state index contributed by atoms with van der Waals surface area (Å²) in [6, 6.07) is 6.51. The molecule has 0 spiro atoms. The van der Waals surface area contributed by atoms with Crippen molar-refractivity contribution in [2.45, 2.75) is 25.0 Å². The van der Waals surface area contributed by atoms with Crippen LogP contribution in [0.2, 0.25) is 0 Å². The van der Waals surface area contributed by atoms with Crippen molar-refractivity contribution < 1.29 is 9.59 Å². The Morgan fingerprint density at radius 3 is 2.84 bits per heavy atom. The first-order valence-electron chi connectivity index (χ1n) is 7.87. The van der Waals surface area contributed by atoms with E-state index in [0.717, 1.165) is 18.2 Å². The highest BCUT2D eigenvalue weighted by Gasteiger charge is 2.13. The fourth-order valence-electron chi connectivity index (χ4n) is 2.12. The summed E-state index contributed by atoms with van der Waals surface area (Å²) in [5.74, 6) is -0.479. The average Bonchev–Trinajstić information content (AvgIpc) is 2.61. The maximum atomic E-state index is 12.6. The zero-order valence-corrected chi connectivity index (χ0v) is 14.8. The van der Waals surface area contributed by atoms with E-state index < -0.39 is 11.9 Å². The van der Waals surface area contributed by atoms with Crippen LogP contribution in [-0.2, 0) is 11.3 Å². The number of benzene rings is 1. The van der Waals surface area contributed by atoms with E-state index >= 15 is 0 Å². The van der Waals surface area contributed by atoms with E-state index in [-0.39, 0.29) is 17.9 Å². The van der Waals surface area contributed by atoms with E-state index in [0.29, 0.717) is 22.6 Å². The number of hydrogen-bond acceptors (Lipinski definition) is 5. The van der Waals surface area contributed by atoms with Gasteiger partial charge < -0.3 is 5.32 Å². The molecule has 0 fully saturated rings. The van der Waals surface area contributed by atoms with Gasteiger partial charge >= 0.3 is 6.03 Å². The van der Waals surface area contributed by atoms with Gasteiger partial charge in [0.2, 0.25) is 5.91 Å². The molecule has 2 N–H and O–H groups in total. The van der Waals surface area contributed by atoms with Gasteiger partial charge in [0.1, 0.15) is 0 Å². The zero-order chi connectivity index (χ0) is 18.2. The SMILES string of the molecule is C=CCn1c(SCC(=O)NC(=O)NCCC)nc2ccccc2c1=O. The smallest absolute Gasteiger partial charge is 0.321 e. The molecule has 0 aliphatic rings. The second kappa shape index (κ2) is 9.03. The average molecular weight is 360 g/mol. The molecular weight excluding hydrogens is 340 g/mol. The molecular formula is C17H20N4O3S. The van der Waals surface area contributed by atoms with Gasteiger partial charge in [0, 0.05) is 13.1 Å². The number of carbonyl (C=O) groups excluding carboxylic acids is 2. The summed E-state index contributed by atoms with van der Waals surface area (Å²) in [5.41, 5.74) is 0.380. The second-order valence-electron chi connectivity index (χ2n) is 5.21. The van der Waals surface area contributed by atoms with E-state index in [9.17, 15) is 14.4 Å². The van der Waals surface area contributed by atoms with Crippen LogP contribution in [0.1, 0.15) is 13.3 Å². The van der Waals surface area contributed by atoms with Crippen LogP contribution >= 0.6 is 11.8 Å². The molecule has 132 valence electrons. The first-order valence-corrected chi connectivity index (χ1v) is 8.86. The molecule has 8 heteroatoms. The first-order chi connectivity index (χ1) is 12.1. The minimum Gasteiger partial charge on any atom is -0.338 e. The second-order valence-corrected chi connectivity index (χ2v) is 6.15. The highest BCUT2D eigenvalue weighted by atomic mass is 32.2. The van der Waals surface area contributed by atoms with Gasteiger partial charge in [-0.3, -0.25) is 19.5 Å². The Bertz CT molecular complexity index is 847. The minimum absolute atomic E-state index is 0.0263. The molecule has 1 aromatic heterocycles. The number of para-hydroxylation sites is 1. The number of hydrogen-bond donors (Lipinski definition) is 2. The maximum absolute atomic E-state index is 12.6. The summed E-state index contributed by atoms with van der Waals surface area (Å²) in [5, 5.41) is 5.73. The Kier molecular flexibility index (Phi) is 6.76. The third-order valence-corrected chi connectivity index (χ3v) is 4.24. The largest absolute Gasteiger partial charge is 0.338 e. The van der Waals surface area contributed by atoms with Crippen molar-refractivity contribution in [1.29, 1.82) is 0 Å². The summed E-state index contributed by atoms with van der Waals surface area (Å²) in [4.78, 5) is 40.4. The van der Waals surface area contributed by atoms with Crippen molar-refractivity contribution in [3.05, 3.63) is 47.3 Å². The lowest BCUT2D eigenvalue weighted by Crippen LogP contribution is -2.40. The molecule has 2 aromatic rings. The molecule has 0 aliphatic carbocycles. The molecule has 3 amide bonds. The van der Waals surface area contributed by atoms with Crippen LogP contribution in [0.3, 0.4) is 0 Å². The fraction of sp³-hybridized carbons (Fsp3) is 0.294. The molecule has 1 heterocycles. The first kappa shape index (κ1) is 18.7. The third kappa shape index (κ3) is 4.93. The van der Waals surface area contributed by atoms with Crippen molar-refractivity contribution >= 4 is 34.6 Å². The Balaban J connectivity index is 2.15. The van der Waals surface area contributed by atoms with Crippen molar-refractivity contribution in [2.75, 3.05) is 12.3 Å². The van der Waals surface area contributed by atoms with Crippen molar-refractivity contribution in [1.82, 2.24) is 20.2 Å². The third-order valence-electron chi connectivity index (χ3n) is 3.26. The quantitative estimate of drug-likeness (QED) is 0.447. The number of fused-ring (bicyclic) bond motifs is 1. The fourth-order valence-corrected chi connectivity index (χ4v) is 2.93. The van der Waals surface area contributed by atoms with Crippen LogP contribution < -0.4 is 16.2 Å². The van der Waals surface area contributed by atoms with E-state index in [4.69, 9.17) is 0 Å². The molecule has 2 rings (SSSR count). The normalized spacial score (nSPS) is 10.4. The summed E-state index contributed by atoms with van der Waals surface area (Å²) >= 11 is 1.10. The molecule has 0 saturated carbocycles. The van der Waals surface area contributed by atoms with Gasteiger partial charge in [0.15, 0.2) is 5.16 Å². The summed E-state index contributed by atoms with van der Waals surface area (Å²) in [7, 11) is 0. The predicted molar refractivity (Wildman–Crippen MR) is 98.8 cm³/mol. The molecule has 25 heavy (non-hydrogen) atoms. The Morgan fingerprint density at radius 1 is 1.36 bits per heavy atom. The number of rotatable bonds is 7. The van der Waals surface area contributed by atoms with Gasteiger partial charge in [-0.2, -0.15) is 0 Å². The standard InChI is InChI=1S/C17H20N4O3S/c1-3-9-18-16(24)20-14(22)11-25-17-19-13-8-6-5-7-12(13)15(23)21(17)10-4-2/h4-8H,2-3,9-11H2,1H3,(H2,18,20,22,24). The minimum atomic E-state index is -0.526. The maximum Gasteiger partial charge on any atom is 0.321 e. The lowest BCUT2D eigenvalue weighted by atomic mass is 10.2. The lowest BCUT2D eigenvalue weighted by molar-refractivity contribution is -0.117. The highest BCUT2D eigenvalue weighted by Crippen LogP contribution is 2.17. The van der Waals surface area contributed by atoms with Gasteiger partial charge in [-0.25, -0.2) is 9.78 Å². The molecule has 0 bridgehead atoms. The molecule has 7 nitrogen and oxygen atoms in total. The number of amides is 3. The van der Waals surface area contributed by atoms with Crippen LogP contribution in [0.25, 0.3) is 10.9 Å². The number of aromatic nitrogens is 2. The van der Waals surface area contributed by atoms with Crippen LogP contribution in [0.4, 0.5) is 4.79 Å². The van der Waals surface area contributed by atoms with E-state index in [2.05, 4.69) is 22.2 Å². The molecule has 0 unspecified atom stereocenters. The van der Waals surface area contributed by atoms with Gasteiger partial charge in [0.05, 0.1) is 16.7 Å². The van der Waals surface area contributed by atoms with Crippen molar-refractivity contribution in [3.63, 3.8) is 0 Å². The van der Waals surface area contributed by atoms with E-state index in [1.807, 2.05) is 6.92 Å². The van der Waals surface area contributed by atoms with Gasteiger partial charge in [0.25, 0.3) is 5.56 Å². The van der Waals surface area contributed by atoms with Gasteiger partial charge in [-0.05, 0) is 18.6 Å². The number of allylic oxidation sites excluding steroid dienone is 1. The van der Waals surface area contributed by atoms with E-state index in [1.54, 1.807) is 30.3 Å². The Morgan fingerprint density at radius 2 is 2.12 bits per heavy atom. The van der Waals surface area contributed by atoms with Gasteiger partial charge in [-0.15, -0.1) is 6.58 Å².